The van der Waals surface area contributed by atoms with E-state index in [-0.39, 0.29) is 16.4 Å². The summed E-state index contributed by atoms with van der Waals surface area (Å²) in [4.78, 5) is 0. The molecule has 0 radical (unpaired) electrons. The maximum absolute atomic E-state index is 12.5. The Hall–Kier alpha value is -0.960. The quantitative estimate of drug-likeness (QED) is 0.567. The summed E-state index contributed by atoms with van der Waals surface area (Å²) < 4.78 is 12.5. The summed E-state index contributed by atoms with van der Waals surface area (Å²) in [6, 6.07) is 2.38. The van der Waals surface area contributed by atoms with Crippen LogP contribution < -0.4 is 11.5 Å². The lowest BCUT2D eigenvalue weighted by Crippen LogP contribution is -1.93. The van der Waals surface area contributed by atoms with Crippen molar-refractivity contribution in [3.05, 3.63) is 23.0 Å². The fourth-order valence-electron chi connectivity index (χ4n) is 0.578. The summed E-state index contributed by atoms with van der Waals surface area (Å²) >= 11 is 5.51. The van der Waals surface area contributed by atoms with Crippen molar-refractivity contribution < 1.29 is 4.39 Å². The van der Waals surface area contributed by atoms with Crippen molar-refractivity contribution in [3.63, 3.8) is 0 Å². The summed E-state index contributed by atoms with van der Waals surface area (Å²) in [5.41, 5.74) is 10.7. The van der Waals surface area contributed by atoms with E-state index in [1.165, 1.54) is 6.07 Å². The number of rotatable bonds is 0. The van der Waals surface area contributed by atoms with E-state index in [1.807, 2.05) is 0 Å². The van der Waals surface area contributed by atoms with Crippen molar-refractivity contribution in [1.82, 2.24) is 0 Å². The third kappa shape index (κ3) is 1.14. The molecule has 1 aromatic rings. The molecule has 0 amide bonds. The second-order valence-corrected chi connectivity index (χ2v) is 2.30. The molecule has 0 aliphatic rings. The van der Waals surface area contributed by atoms with Crippen LogP contribution in [0.25, 0.3) is 0 Å². The van der Waals surface area contributed by atoms with Crippen LogP contribution in [0.5, 0.6) is 0 Å². The molecule has 0 saturated heterocycles. The fraction of sp³-hybridized carbons (Fsp3) is 0. The lowest BCUT2D eigenvalue weighted by atomic mass is 10.3. The predicted octanol–water partition coefficient (Wildman–Crippen LogP) is 1.64. The van der Waals surface area contributed by atoms with Gasteiger partial charge in [0.05, 0.1) is 16.4 Å². The normalized spacial score (nSPS) is 9.80. The van der Waals surface area contributed by atoms with Crippen molar-refractivity contribution in [2.24, 2.45) is 0 Å². The molecule has 0 bridgehead atoms. The molecule has 1 rings (SSSR count). The highest BCUT2D eigenvalue weighted by Crippen LogP contribution is 2.23. The zero-order valence-electron chi connectivity index (χ0n) is 5.07. The number of halogens is 2. The smallest absolute Gasteiger partial charge is 0.148 e. The fourth-order valence-corrected chi connectivity index (χ4v) is 0.750. The van der Waals surface area contributed by atoms with E-state index < -0.39 is 5.82 Å². The lowest BCUT2D eigenvalue weighted by molar-refractivity contribution is 0.633. The summed E-state index contributed by atoms with van der Waals surface area (Å²) in [5.74, 6) is -0.540. The molecule has 1 aromatic carbocycles. The highest BCUT2D eigenvalue weighted by atomic mass is 35.5. The van der Waals surface area contributed by atoms with E-state index in [4.69, 9.17) is 23.1 Å². The number of hydrogen-bond acceptors (Lipinski definition) is 2. The monoisotopic (exact) mass is 160 g/mol. The third-order valence-corrected chi connectivity index (χ3v) is 1.44. The van der Waals surface area contributed by atoms with E-state index in [2.05, 4.69) is 0 Å². The van der Waals surface area contributed by atoms with Crippen LogP contribution in [0.4, 0.5) is 15.8 Å². The van der Waals surface area contributed by atoms with Gasteiger partial charge in [-0.25, -0.2) is 4.39 Å². The van der Waals surface area contributed by atoms with Crippen molar-refractivity contribution in [2.45, 2.75) is 0 Å². The Kier molecular flexibility index (Phi) is 1.68. The molecule has 10 heavy (non-hydrogen) atoms. The maximum atomic E-state index is 12.5. The maximum Gasteiger partial charge on any atom is 0.148 e. The first-order chi connectivity index (χ1) is 4.61. The van der Waals surface area contributed by atoms with E-state index in [0.717, 1.165) is 6.07 Å². The molecule has 0 heterocycles. The minimum absolute atomic E-state index is 0.0131. The van der Waals surface area contributed by atoms with Gasteiger partial charge in [0.25, 0.3) is 0 Å². The molecule has 0 atom stereocenters. The summed E-state index contributed by atoms with van der Waals surface area (Å²) in [6.45, 7) is 0. The Labute approximate surface area is 62.6 Å². The number of hydrogen-bond donors (Lipinski definition) is 2. The molecule has 0 spiro atoms. The Balaban J connectivity index is 3.28. The molecule has 54 valence electrons. The lowest BCUT2D eigenvalue weighted by Gasteiger charge is -1.99. The molecule has 0 saturated carbocycles. The molecule has 0 aromatic heterocycles. The minimum Gasteiger partial charge on any atom is -0.397 e. The average Bonchev–Trinajstić information content (AvgIpc) is 1.84. The Morgan fingerprint density at radius 2 is 1.80 bits per heavy atom. The minimum atomic E-state index is -0.540. The first kappa shape index (κ1) is 7.15. The van der Waals surface area contributed by atoms with Crippen molar-refractivity contribution in [2.75, 3.05) is 11.5 Å². The average molecular weight is 161 g/mol. The predicted molar refractivity (Wildman–Crippen MR) is 40.2 cm³/mol. The number of nitrogens with two attached hydrogens (primary N) is 2. The first-order valence-corrected chi connectivity index (χ1v) is 2.99. The van der Waals surface area contributed by atoms with Gasteiger partial charge in [0.15, 0.2) is 0 Å². The highest BCUT2D eigenvalue weighted by molar-refractivity contribution is 6.33. The molecule has 0 fully saturated rings. The molecular weight excluding hydrogens is 155 g/mol. The van der Waals surface area contributed by atoms with Gasteiger partial charge in [0, 0.05) is 6.07 Å². The summed E-state index contributed by atoms with van der Waals surface area (Å²) in [7, 11) is 0. The van der Waals surface area contributed by atoms with E-state index in [1.54, 1.807) is 0 Å². The molecular formula is C6H6ClFN2. The SMILES string of the molecule is Nc1cc(Cl)c(N)cc1F. The van der Waals surface area contributed by atoms with Crippen LogP contribution >= 0.6 is 11.6 Å². The van der Waals surface area contributed by atoms with Crippen LogP contribution in [0.15, 0.2) is 12.1 Å². The van der Waals surface area contributed by atoms with Crippen molar-refractivity contribution in [1.29, 1.82) is 0 Å². The van der Waals surface area contributed by atoms with E-state index in [0.29, 0.717) is 0 Å². The van der Waals surface area contributed by atoms with Gasteiger partial charge >= 0.3 is 0 Å². The van der Waals surface area contributed by atoms with Crippen LogP contribution in [-0.4, -0.2) is 0 Å². The van der Waals surface area contributed by atoms with Crippen LogP contribution in [0, 0.1) is 5.82 Å². The number of nitrogen functional groups attached to an aromatic ring is 2. The van der Waals surface area contributed by atoms with Crippen molar-refractivity contribution >= 4 is 23.0 Å². The van der Waals surface area contributed by atoms with Crippen LogP contribution in [0.1, 0.15) is 0 Å². The van der Waals surface area contributed by atoms with Gasteiger partial charge in [-0.3, -0.25) is 0 Å². The van der Waals surface area contributed by atoms with Gasteiger partial charge in [0.2, 0.25) is 0 Å². The third-order valence-electron chi connectivity index (χ3n) is 1.12. The van der Waals surface area contributed by atoms with Gasteiger partial charge in [0.1, 0.15) is 5.82 Å². The van der Waals surface area contributed by atoms with Gasteiger partial charge < -0.3 is 11.5 Å². The highest BCUT2D eigenvalue weighted by Gasteiger charge is 2.01. The summed E-state index contributed by atoms with van der Waals surface area (Å²) in [6.07, 6.45) is 0. The van der Waals surface area contributed by atoms with Crippen LogP contribution in [0.3, 0.4) is 0 Å². The zero-order valence-corrected chi connectivity index (χ0v) is 5.82. The second-order valence-electron chi connectivity index (χ2n) is 1.90. The van der Waals surface area contributed by atoms with Gasteiger partial charge in [-0.1, -0.05) is 11.6 Å². The van der Waals surface area contributed by atoms with Crippen LogP contribution in [0.2, 0.25) is 5.02 Å². The zero-order chi connectivity index (χ0) is 7.72. The Morgan fingerprint density at radius 1 is 1.20 bits per heavy atom. The first-order valence-electron chi connectivity index (χ1n) is 2.61. The molecule has 4 heteroatoms. The molecule has 0 unspecified atom stereocenters. The van der Waals surface area contributed by atoms with Gasteiger partial charge in [-0.05, 0) is 6.07 Å². The Bertz CT molecular complexity index is 212. The standard InChI is InChI=1S/C6H6ClFN2/c7-3-1-6(10)4(8)2-5(3)9/h1-2H,9-10H2. The number of anilines is 2. The van der Waals surface area contributed by atoms with Crippen molar-refractivity contribution in [3.8, 4) is 0 Å². The molecule has 4 N–H and O–H groups in total. The van der Waals surface area contributed by atoms with E-state index >= 15 is 0 Å². The molecule has 0 aliphatic heterocycles. The van der Waals surface area contributed by atoms with Gasteiger partial charge in [-0.2, -0.15) is 0 Å². The number of benzene rings is 1. The van der Waals surface area contributed by atoms with E-state index in [9.17, 15) is 4.39 Å². The summed E-state index contributed by atoms with van der Waals surface area (Å²) in [5, 5.41) is 0.277. The molecule has 2 nitrogen and oxygen atoms in total. The largest absolute Gasteiger partial charge is 0.397 e. The Morgan fingerprint density at radius 3 is 2.30 bits per heavy atom. The topological polar surface area (TPSA) is 52.0 Å². The molecule has 0 aliphatic carbocycles. The van der Waals surface area contributed by atoms with Crippen LogP contribution in [-0.2, 0) is 0 Å². The van der Waals surface area contributed by atoms with Gasteiger partial charge in [-0.15, -0.1) is 0 Å². The second kappa shape index (κ2) is 2.34.